The molecule has 0 fully saturated rings. The second kappa shape index (κ2) is 5.16. The van der Waals surface area contributed by atoms with E-state index in [0.717, 1.165) is 17.1 Å². The van der Waals surface area contributed by atoms with Crippen LogP contribution >= 0.6 is 0 Å². The molecule has 0 atom stereocenters. The first-order valence-electron chi connectivity index (χ1n) is 6.74. The van der Waals surface area contributed by atoms with Crippen LogP contribution in [0, 0.1) is 11.6 Å². The fourth-order valence-corrected chi connectivity index (χ4v) is 2.55. The molecule has 1 heterocycles. The Morgan fingerprint density at radius 3 is 2.29 bits per heavy atom. The lowest BCUT2D eigenvalue weighted by atomic mass is 10.2. The fourth-order valence-electron chi connectivity index (χ4n) is 2.55. The van der Waals surface area contributed by atoms with Crippen LogP contribution in [0.3, 0.4) is 0 Å². The van der Waals surface area contributed by atoms with Gasteiger partial charge in [-0.3, -0.25) is 9.13 Å². The Labute approximate surface area is 120 Å². The molecule has 0 aliphatic rings. The molecular weight excluding hydrogens is 274 g/mol. The van der Waals surface area contributed by atoms with Crippen molar-refractivity contribution in [1.29, 1.82) is 0 Å². The zero-order valence-electron chi connectivity index (χ0n) is 11.5. The van der Waals surface area contributed by atoms with E-state index in [1.807, 2.05) is 31.2 Å². The number of hydrogen-bond donors (Lipinski definition) is 0. The van der Waals surface area contributed by atoms with E-state index in [1.54, 1.807) is 4.57 Å². The van der Waals surface area contributed by atoms with E-state index in [4.69, 9.17) is 0 Å². The van der Waals surface area contributed by atoms with E-state index in [-0.39, 0.29) is 17.8 Å². The lowest BCUT2D eigenvalue weighted by Crippen LogP contribution is -2.24. The summed E-state index contributed by atoms with van der Waals surface area (Å²) < 4.78 is 29.9. The van der Waals surface area contributed by atoms with Gasteiger partial charge in [-0.2, -0.15) is 0 Å². The van der Waals surface area contributed by atoms with E-state index in [0.29, 0.717) is 6.54 Å². The summed E-state index contributed by atoms with van der Waals surface area (Å²) in [7, 11) is 0. The average molecular weight is 288 g/mol. The highest BCUT2D eigenvalue weighted by Crippen LogP contribution is 2.16. The number of nitrogens with zero attached hydrogens (tertiary/aromatic N) is 2. The van der Waals surface area contributed by atoms with Gasteiger partial charge >= 0.3 is 5.69 Å². The highest BCUT2D eigenvalue weighted by molar-refractivity contribution is 5.76. The molecule has 0 spiro atoms. The van der Waals surface area contributed by atoms with Crippen molar-refractivity contribution < 1.29 is 8.78 Å². The Kier molecular flexibility index (Phi) is 3.33. The predicted molar refractivity (Wildman–Crippen MR) is 77.3 cm³/mol. The van der Waals surface area contributed by atoms with Crippen molar-refractivity contribution in [1.82, 2.24) is 9.13 Å². The molecule has 0 unspecified atom stereocenters. The summed E-state index contributed by atoms with van der Waals surface area (Å²) in [5.74, 6) is -1.27. The first-order chi connectivity index (χ1) is 10.1. The number of rotatable bonds is 3. The number of hydrogen-bond acceptors (Lipinski definition) is 1. The van der Waals surface area contributed by atoms with Gasteiger partial charge in [0.25, 0.3) is 0 Å². The van der Waals surface area contributed by atoms with Crippen molar-refractivity contribution in [3.05, 3.63) is 70.1 Å². The minimum Gasteiger partial charge on any atom is -0.292 e. The summed E-state index contributed by atoms with van der Waals surface area (Å²) in [5.41, 5.74) is 1.65. The predicted octanol–water partition coefficient (Wildman–Crippen LogP) is 3.15. The Hall–Kier alpha value is -2.43. The van der Waals surface area contributed by atoms with E-state index >= 15 is 0 Å². The smallest absolute Gasteiger partial charge is 0.292 e. The molecule has 21 heavy (non-hydrogen) atoms. The number of halogens is 2. The Balaban J connectivity index is 2.17. The zero-order chi connectivity index (χ0) is 15.0. The number of imidazole rings is 1. The maximum absolute atomic E-state index is 13.8. The summed E-state index contributed by atoms with van der Waals surface area (Å²) in [6.45, 7) is 2.51. The van der Waals surface area contributed by atoms with Crippen LogP contribution in [-0.2, 0) is 13.1 Å². The maximum atomic E-state index is 13.8. The van der Waals surface area contributed by atoms with Crippen molar-refractivity contribution >= 4 is 11.0 Å². The summed E-state index contributed by atoms with van der Waals surface area (Å²) in [5, 5.41) is 0. The monoisotopic (exact) mass is 288 g/mol. The molecule has 2 aromatic carbocycles. The third-order valence-electron chi connectivity index (χ3n) is 3.58. The molecule has 0 amide bonds. The number of benzene rings is 2. The van der Waals surface area contributed by atoms with E-state index in [9.17, 15) is 13.6 Å². The van der Waals surface area contributed by atoms with Gasteiger partial charge in [-0.25, -0.2) is 13.6 Å². The topological polar surface area (TPSA) is 26.9 Å². The van der Waals surface area contributed by atoms with Gasteiger partial charge in [-0.1, -0.05) is 18.2 Å². The van der Waals surface area contributed by atoms with Crippen molar-refractivity contribution in [2.24, 2.45) is 0 Å². The highest BCUT2D eigenvalue weighted by atomic mass is 19.1. The van der Waals surface area contributed by atoms with Crippen molar-refractivity contribution in [2.45, 2.75) is 20.0 Å². The minimum absolute atomic E-state index is 0.0818. The Morgan fingerprint density at radius 2 is 1.67 bits per heavy atom. The lowest BCUT2D eigenvalue weighted by Gasteiger charge is -2.05. The molecule has 0 radical (unpaired) electrons. The molecule has 5 heteroatoms. The van der Waals surface area contributed by atoms with Gasteiger partial charge in [0.1, 0.15) is 11.6 Å². The SMILES string of the molecule is CCn1c(=O)n(Cc2ccc(F)cc2F)c2ccccc21. The number of aromatic nitrogens is 2. The molecule has 1 aromatic heterocycles. The largest absolute Gasteiger partial charge is 0.329 e. The van der Waals surface area contributed by atoms with Crippen LogP contribution in [0.25, 0.3) is 11.0 Å². The van der Waals surface area contributed by atoms with Gasteiger partial charge in [0.15, 0.2) is 0 Å². The van der Waals surface area contributed by atoms with Crippen LogP contribution in [0.5, 0.6) is 0 Å². The molecule has 3 nitrogen and oxygen atoms in total. The Morgan fingerprint density at radius 1 is 1.00 bits per heavy atom. The van der Waals surface area contributed by atoms with E-state index in [1.165, 1.54) is 16.7 Å². The van der Waals surface area contributed by atoms with E-state index in [2.05, 4.69) is 0 Å². The van der Waals surface area contributed by atoms with Crippen molar-refractivity contribution in [3.63, 3.8) is 0 Å². The van der Waals surface area contributed by atoms with Crippen LogP contribution in [-0.4, -0.2) is 9.13 Å². The van der Waals surface area contributed by atoms with Crippen LogP contribution < -0.4 is 5.69 Å². The Bertz CT molecular complexity index is 864. The van der Waals surface area contributed by atoms with Gasteiger partial charge in [-0.15, -0.1) is 0 Å². The normalized spacial score (nSPS) is 11.2. The standard InChI is InChI=1S/C16H14F2N2O/c1-2-19-14-5-3-4-6-15(14)20(16(19)21)10-11-7-8-12(17)9-13(11)18/h3-9H,2,10H2,1H3. The molecule has 0 bridgehead atoms. The van der Waals surface area contributed by atoms with Crippen LogP contribution in [0.1, 0.15) is 12.5 Å². The number of fused-ring (bicyclic) bond motifs is 1. The van der Waals surface area contributed by atoms with Gasteiger partial charge < -0.3 is 0 Å². The van der Waals surface area contributed by atoms with E-state index < -0.39 is 11.6 Å². The van der Waals surface area contributed by atoms with Crippen LogP contribution in [0.4, 0.5) is 8.78 Å². The molecule has 0 aliphatic heterocycles. The molecule has 0 N–H and O–H groups in total. The minimum atomic E-state index is -0.643. The fraction of sp³-hybridized carbons (Fsp3) is 0.188. The lowest BCUT2D eigenvalue weighted by molar-refractivity contribution is 0.564. The quantitative estimate of drug-likeness (QED) is 0.727. The molecular formula is C16H14F2N2O. The van der Waals surface area contributed by atoms with Crippen LogP contribution in [0.15, 0.2) is 47.3 Å². The van der Waals surface area contributed by atoms with Crippen LogP contribution in [0.2, 0.25) is 0 Å². The first-order valence-corrected chi connectivity index (χ1v) is 6.74. The highest BCUT2D eigenvalue weighted by Gasteiger charge is 2.13. The number of para-hydroxylation sites is 2. The summed E-state index contributed by atoms with van der Waals surface area (Å²) in [4.78, 5) is 12.4. The third-order valence-corrected chi connectivity index (χ3v) is 3.58. The summed E-state index contributed by atoms with van der Waals surface area (Å²) >= 11 is 0. The molecule has 0 aliphatic carbocycles. The van der Waals surface area contributed by atoms with Gasteiger partial charge in [-0.05, 0) is 25.1 Å². The van der Waals surface area contributed by atoms with Crippen molar-refractivity contribution in [3.8, 4) is 0 Å². The molecule has 108 valence electrons. The van der Waals surface area contributed by atoms with Gasteiger partial charge in [0, 0.05) is 18.2 Å². The van der Waals surface area contributed by atoms with Gasteiger partial charge in [0.05, 0.1) is 17.6 Å². The molecule has 3 rings (SSSR count). The summed E-state index contributed by atoms with van der Waals surface area (Å²) in [6.07, 6.45) is 0. The van der Waals surface area contributed by atoms with Gasteiger partial charge in [0.2, 0.25) is 0 Å². The molecule has 0 saturated heterocycles. The maximum Gasteiger partial charge on any atom is 0.329 e. The average Bonchev–Trinajstić information content (AvgIpc) is 2.74. The summed E-state index contributed by atoms with van der Waals surface area (Å²) in [6, 6.07) is 10.8. The number of aryl methyl sites for hydroxylation is 1. The molecule has 0 saturated carbocycles. The first kappa shape index (κ1) is 13.5. The second-order valence-corrected chi connectivity index (χ2v) is 4.84. The molecule has 3 aromatic rings. The van der Waals surface area contributed by atoms with Crippen molar-refractivity contribution in [2.75, 3.05) is 0 Å². The second-order valence-electron chi connectivity index (χ2n) is 4.84. The zero-order valence-corrected chi connectivity index (χ0v) is 11.5. The third kappa shape index (κ3) is 2.24.